The monoisotopic (exact) mass is 186 g/mol. The zero-order chi connectivity index (χ0) is 9.97. The Morgan fingerprint density at radius 2 is 1.79 bits per heavy atom. The van der Waals surface area contributed by atoms with Crippen LogP contribution in [0.25, 0.3) is 11.3 Å². The fourth-order valence-corrected chi connectivity index (χ4v) is 1.41. The van der Waals surface area contributed by atoms with Gasteiger partial charge in [0.25, 0.3) is 0 Å². The Balaban J connectivity index is 2.52. The molecule has 0 aliphatic carbocycles. The minimum Gasteiger partial charge on any atom is -0.0622 e. The maximum atomic E-state index is 4.31. The molecule has 0 spiro atoms. The third kappa shape index (κ3) is 1.76. The van der Waals surface area contributed by atoms with Crippen molar-refractivity contribution in [3.05, 3.63) is 42.1 Å². The van der Waals surface area contributed by atoms with Gasteiger partial charge in [0.15, 0.2) is 7.05 Å². The average Bonchev–Trinajstić information content (AvgIpc) is 2.18. The Morgan fingerprint density at radius 3 is 2.43 bits per heavy atom. The highest BCUT2D eigenvalue weighted by Crippen LogP contribution is 2.14. The third-order valence-corrected chi connectivity index (χ3v) is 1.97. The minimum absolute atomic E-state index is 0.959. The van der Waals surface area contributed by atoms with Crippen LogP contribution in [0.4, 0.5) is 0 Å². The van der Waals surface area contributed by atoms with E-state index in [0.29, 0.717) is 0 Å². The normalized spacial score (nSPS) is 10.1. The van der Waals surface area contributed by atoms with Gasteiger partial charge in [-0.3, -0.25) is 0 Å². The molecule has 1 aromatic carbocycles. The van der Waals surface area contributed by atoms with E-state index in [9.17, 15) is 0 Å². The van der Waals surface area contributed by atoms with Crippen LogP contribution in [0.15, 0.2) is 36.4 Å². The quantitative estimate of drug-likeness (QED) is 0.628. The first-order chi connectivity index (χ1) is 6.75. The maximum Gasteiger partial charge on any atom is 0.193 e. The molecule has 70 valence electrons. The summed E-state index contributed by atoms with van der Waals surface area (Å²) in [5.41, 5.74) is 3.05. The second kappa shape index (κ2) is 3.54. The molecule has 3 nitrogen and oxygen atoms in total. The van der Waals surface area contributed by atoms with E-state index in [1.807, 2.05) is 50.4 Å². The van der Waals surface area contributed by atoms with Crippen molar-refractivity contribution < 1.29 is 4.80 Å². The second-order valence-electron chi connectivity index (χ2n) is 3.23. The number of hydrogen-bond acceptors (Lipinski definition) is 2. The molecule has 0 aliphatic heterocycles. The molecule has 0 bridgehead atoms. The number of aryl methyl sites for hydroxylation is 2. The van der Waals surface area contributed by atoms with Crippen LogP contribution in [0.1, 0.15) is 5.69 Å². The van der Waals surface area contributed by atoms with Gasteiger partial charge in [0.05, 0.1) is 0 Å². The van der Waals surface area contributed by atoms with Crippen LogP contribution < -0.4 is 4.80 Å². The molecule has 0 amide bonds. The Labute approximate surface area is 83.0 Å². The molecule has 0 saturated carbocycles. The molecule has 1 aromatic heterocycles. The molecule has 3 heteroatoms. The van der Waals surface area contributed by atoms with E-state index in [2.05, 4.69) is 10.2 Å². The first-order valence-electron chi connectivity index (χ1n) is 4.53. The van der Waals surface area contributed by atoms with Gasteiger partial charge in [0.1, 0.15) is 11.4 Å². The number of benzene rings is 1. The number of hydrogen-bond donors (Lipinski definition) is 0. The summed E-state index contributed by atoms with van der Waals surface area (Å²) in [6, 6.07) is 12.1. The first kappa shape index (κ1) is 8.81. The molecular formula is C11H12N3+. The third-order valence-electron chi connectivity index (χ3n) is 1.97. The van der Waals surface area contributed by atoms with Crippen LogP contribution >= 0.6 is 0 Å². The van der Waals surface area contributed by atoms with Gasteiger partial charge in [-0.25, -0.2) is 0 Å². The fourth-order valence-electron chi connectivity index (χ4n) is 1.41. The molecule has 0 saturated heterocycles. The molecule has 0 aliphatic rings. The lowest BCUT2D eigenvalue weighted by Crippen LogP contribution is -2.38. The molecule has 0 radical (unpaired) electrons. The Morgan fingerprint density at radius 1 is 1.07 bits per heavy atom. The van der Waals surface area contributed by atoms with Crippen LogP contribution in [0, 0.1) is 6.92 Å². The van der Waals surface area contributed by atoms with Gasteiger partial charge in [-0.1, -0.05) is 30.3 Å². The van der Waals surface area contributed by atoms with Crippen LogP contribution in [-0.4, -0.2) is 10.2 Å². The summed E-state index contributed by atoms with van der Waals surface area (Å²) in [5.74, 6) is 0. The number of rotatable bonds is 1. The summed E-state index contributed by atoms with van der Waals surface area (Å²) in [5, 5.41) is 8.48. The predicted octanol–water partition coefficient (Wildman–Crippen LogP) is 1.28. The van der Waals surface area contributed by atoms with Gasteiger partial charge in [-0.05, 0) is 13.0 Å². The summed E-state index contributed by atoms with van der Waals surface area (Å²) in [6.45, 7) is 1.97. The van der Waals surface area contributed by atoms with Crippen LogP contribution in [0.2, 0.25) is 0 Å². The van der Waals surface area contributed by atoms with Crippen molar-refractivity contribution in [1.29, 1.82) is 0 Å². The lowest BCUT2D eigenvalue weighted by atomic mass is 10.1. The molecule has 0 unspecified atom stereocenters. The zero-order valence-electron chi connectivity index (χ0n) is 8.31. The summed E-state index contributed by atoms with van der Waals surface area (Å²) < 4.78 is 0. The van der Waals surface area contributed by atoms with Crippen molar-refractivity contribution in [2.75, 3.05) is 0 Å². The highest BCUT2D eigenvalue weighted by Gasteiger charge is 2.06. The standard InChI is InChI=1S/C11H12N3/c1-9-8-11(13-14(2)12-9)10-6-4-3-5-7-10/h3-8H,1-2H3/q+1. The van der Waals surface area contributed by atoms with E-state index in [4.69, 9.17) is 0 Å². The van der Waals surface area contributed by atoms with Crippen molar-refractivity contribution in [1.82, 2.24) is 10.2 Å². The van der Waals surface area contributed by atoms with Crippen molar-refractivity contribution in [2.24, 2.45) is 7.05 Å². The lowest BCUT2D eigenvalue weighted by Gasteiger charge is -1.96. The molecule has 0 fully saturated rings. The van der Waals surface area contributed by atoms with E-state index in [0.717, 1.165) is 17.0 Å². The molecule has 2 rings (SSSR count). The van der Waals surface area contributed by atoms with Gasteiger partial charge in [-0.15, -0.1) is 0 Å². The Hall–Kier alpha value is -1.77. The summed E-state index contributed by atoms with van der Waals surface area (Å²) >= 11 is 0. The van der Waals surface area contributed by atoms with E-state index in [1.165, 1.54) is 0 Å². The molecule has 1 heterocycles. The van der Waals surface area contributed by atoms with Gasteiger partial charge < -0.3 is 0 Å². The first-order valence-corrected chi connectivity index (χ1v) is 4.53. The Bertz CT molecular complexity index is 417. The Kier molecular flexibility index (Phi) is 2.23. The van der Waals surface area contributed by atoms with Crippen LogP contribution in [-0.2, 0) is 7.05 Å². The lowest BCUT2D eigenvalue weighted by molar-refractivity contribution is -0.786. The average molecular weight is 186 g/mol. The highest BCUT2D eigenvalue weighted by molar-refractivity contribution is 5.57. The van der Waals surface area contributed by atoms with Crippen molar-refractivity contribution in [3.63, 3.8) is 0 Å². The smallest absolute Gasteiger partial charge is 0.0622 e. The van der Waals surface area contributed by atoms with Gasteiger partial charge in [0.2, 0.25) is 0 Å². The van der Waals surface area contributed by atoms with Crippen molar-refractivity contribution >= 4 is 0 Å². The van der Waals surface area contributed by atoms with E-state index < -0.39 is 0 Å². The SMILES string of the molecule is Cc1cc(-c2ccccc2)n[n+](C)n1. The van der Waals surface area contributed by atoms with E-state index >= 15 is 0 Å². The minimum atomic E-state index is 0.959. The highest BCUT2D eigenvalue weighted by atomic mass is 15.4. The molecule has 0 N–H and O–H groups in total. The second-order valence-corrected chi connectivity index (χ2v) is 3.23. The summed E-state index contributed by atoms with van der Waals surface area (Å²) in [7, 11) is 1.83. The van der Waals surface area contributed by atoms with Gasteiger partial charge >= 0.3 is 0 Å². The summed E-state index contributed by atoms with van der Waals surface area (Å²) in [4.78, 5) is 1.59. The predicted molar refractivity (Wildman–Crippen MR) is 53.4 cm³/mol. The van der Waals surface area contributed by atoms with Crippen LogP contribution in [0.3, 0.4) is 0 Å². The van der Waals surface area contributed by atoms with Crippen LogP contribution in [0.5, 0.6) is 0 Å². The summed E-state index contributed by atoms with van der Waals surface area (Å²) in [6.07, 6.45) is 0. The van der Waals surface area contributed by atoms with E-state index in [1.54, 1.807) is 4.80 Å². The zero-order valence-corrected chi connectivity index (χ0v) is 8.31. The topological polar surface area (TPSA) is 29.7 Å². The molecule has 0 atom stereocenters. The molecule has 14 heavy (non-hydrogen) atoms. The van der Waals surface area contributed by atoms with Gasteiger partial charge in [0, 0.05) is 20.6 Å². The fraction of sp³-hybridized carbons (Fsp3) is 0.182. The maximum absolute atomic E-state index is 4.31. The van der Waals surface area contributed by atoms with E-state index in [-0.39, 0.29) is 0 Å². The molecule has 2 aromatic rings. The van der Waals surface area contributed by atoms with Gasteiger partial charge in [-0.2, -0.15) is 0 Å². The number of aromatic nitrogens is 3. The largest absolute Gasteiger partial charge is 0.193 e. The van der Waals surface area contributed by atoms with Crippen molar-refractivity contribution in [3.8, 4) is 11.3 Å². The number of nitrogens with zero attached hydrogens (tertiary/aromatic N) is 3. The van der Waals surface area contributed by atoms with Crippen molar-refractivity contribution in [2.45, 2.75) is 6.92 Å². The molecular weight excluding hydrogens is 174 g/mol.